The summed E-state index contributed by atoms with van der Waals surface area (Å²) >= 11 is 0. The van der Waals surface area contributed by atoms with Gasteiger partial charge in [-0.1, -0.05) is 32.0 Å². The number of nitrogens with one attached hydrogen (secondary N) is 1. The Morgan fingerprint density at radius 2 is 2.14 bits per heavy atom. The minimum atomic E-state index is 0.528. The first kappa shape index (κ1) is 9.72. The number of fused-ring (bicyclic) bond motifs is 1. The van der Waals surface area contributed by atoms with E-state index in [0.717, 1.165) is 6.54 Å². The van der Waals surface area contributed by atoms with Gasteiger partial charge in [0.15, 0.2) is 0 Å². The fraction of sp³-hybridized carbons (Fsp3) is 0.538. The molecule has 0 saturated carbocycles. The third kappa shape index (κ3) is 1.69. The Kier molecular flexibility index (Phi) is 2.60. The molecule has 0 amide bonds. The van der Waals surface area contributed by atoms with Crippen molar-refractivity contribution in [2.75, 3.05) is 6.54 Å². The molecule has 1 heteroatoms. The Balaban J connectivity index is 2.39. The maximum Gasteiger partial charge on any atom is 0.0294 e. The zero-order valence-corrected chi connectivity index (χ0v) is 9.30. The van der Waals surface area contributed by atoms with Crippen LogP contribution in [0, 0.1) is 0 Å². The summed E-state index contributed by atoms with van der Waals surface area (Å²) in [5, 5.41) is 3.49. The van der Waals surface area contributed by atoms with Crippen molar-refractivity contribution in [3.05, 3.63) is 34.9 Å². The molecular weight excluding hydrogens is 170 g/mol. The van der Waals surface area contributed by atoms with E-state index >= 15 is 0 Å². The fourth-order valence-electron chi connectivity index (χ4n) is 2.16. The highest BCUT2D eigenvalue weighted by molar-refractivity contribution is 5.37. The van der Waals surface area contributed by atoms with E-state index in [1.165, 1.54) is 17.5 Å². The molecule has 0 aliphatic carbocycles. The van der Waals surface area contributed by atoms with Crippen molar-refractivity contribution in [2.45, 2.75) is 39.2 Å². The van der Waals surface area contributed by atoms with Gasteiger partial charge < -0.3 is 5.32 Å². The maximum atomic E-state index is 3.49. The maximum absolute atomic E-state index is 3.49. The lowest BCUT2D eigenvalue weighted by molar-refractivity contribution is 0.540. The summed E-state index contributed by atoms with van der Waals surface area (Å²) in [6, 6.07) is 7.48. The summed E-state index contributed by atoms with van der Waals surface area (Å²) in [7, 11) is 0. The van der Waals surface area contributed by atoms with Crippen LogP contribution in [0.15, 0.2) is 18.2 Å². The highest BCUT2D eigenvalue weighted by Crippen LogP contribution is 2.26. The summed E-state index contributed by atoms with van der Waals surface area (Å²) in [6.07, 6.45) is 1.18. The van der Waals surface area contributed by atoms with Crippen molar-refractivity contribution in [3.63, 3.8) is 0 Å². The van der Waals surface area contributed by atoms with E-state index in [-0.39, 0.29) is 0 Å². The molecule has 1 atom stereocenters. The molecule has 1 nitrogen and oxygen atoms in total. The van der Waals surface area contributed by atoms with E-state index in [2.05, 4.69) is 44.3 Å². The van der Waals surface area contributed by atoms with Crippen LogP contribution in [0.3, 0.4) is 0 Å². The molecule has 0 fully saturated rings. The molecule has 0 radical (unpaired) electrons. The average molecular weight is 189 g/mol. The van der Waals surface area contributed by atoms with Gasteiger partial charge in [0.25, 0.3) is 0 Å². The Bertz CT molecular complexity index is 328. The van der Waals surface area contributed by atoms with Crippen molar-refractivity contribution in [2.24, 2.45) is 0 Å². The minimum absolute atomic E-state index is 0.528. The normalized spacial score (nSPS) is 21.0. The lowest BCUT2D eigenvalue weighted by atomic mass is 9.91. The number of benzene rings is 1. The average Bonchev–Trinajstić information content (AvgIpc) is 2.17. The van der Waals surface area contributed by atoms with Gasteiger partial charge in [-0.25, -0.2) is 0 Å². The smallest absolute Gasteiger partial charge is 0.0294 e. The van der Waals surface area contributed by atoms with Gasteiger partial charge >= 0.3 is 0 Å². The molecule has 2 rings (SSSR count). The molecular formula is C13H19N. The minimum Gasteiger partial charge on any atom is -0.310 e. The molecule has 0 unspecified atom stereocenters. The van der Waals surface area contributed by atoms with E-state index < -0.39 is 0 Å². The fourth-order valence-corrected chi connectivity index (χ4v) is 2.16. The van der Waals surface area contributed by atoms with Crippen LogP contribution in [-0.2, 0) is 6.42 Å². The van der Waals surface area contributed by atoms with Crippen LogP contribution in [0.1, 0.15) is 49.4 Å². The SMILES string of the molecule is CC(C)c1ccc2c(c1)CCN[C@H]2C. The van der Waals surface area contributed by atoms with Crippen LogP contribution in [0.2, 0.25) is 0 Å². The van der Waals surface area contributed by atoms with Crippen LogP contribution in [-0.4, -0.2) is 6.54 Å². The van der Waals surface area contributed by atoms with E-state index in [0.29, 0.717) is 12.0 Å². The first-order valence-electron chi connectivity index (χ1n) is 5.54. The topological polar surface area (TPSA) is 12.0 Å². The summed E-state index contributed by atoms with van der Waals surface area (Å²) in [4.78, 5) is 0. The third-order valence-corrected chi connectivity index (χ3v) is 3.15. The van der Waals surface area contributed by atoms with Gasteiger partial charge in [-0.3, -0.25) is 0 Å². The summed E-state index contributed by atoms with van der Waals surface area (Å²) in [5.41, 5.74) is 4.50. The van der Waals surface area contributed by atoms with Crippen LogP contribution in [0.25, 0.3) is 0 Å². The van der Waals surface area contributed by atoms with Crippen LogP contribution >= 0.6 is 0 Å². The standard InChI is InChI=1S/C13H19N/c1-9(2)11-4-5-13-10(3)14-7-6-12(13)8-11/h4-5,8-10,14H,6-7H2,1-3H3/t10-/m0/s1. The van der Waals surface area contributed by atoms with Crippen molar-refractivity contribution < 1.29 is 0 Å². The zero-order chi connectivity index (χ0) is 10.1. The Hall–Kier alpha value is -0.820. The second-order valence-electron chi connectivity index (χ2n) is 4.54. The van der Waals surface area contributed by atoms with Crippen LogP contribution in [0.4, 0.5) is 0 Å². The summed E-state index contributed by atoms with van der Waals surface area (Å²) < 4.78 is 0. The van der Waals surface area contributed by atoms with Crippen molar-refractivity contribution in [3.8, 4) is 0 Å². The summed E-state index contributed by atoms with van der Waals surface area (Å²) in [5.74, 6) is 0.644. The predicted molar refractivity (Wildman–Crippen MR) is 60.7 cm³/mol. The largest absolute Gasteiger partial charge is 0.310 e. The highest BCUT2D eigenvalue weighted by Gasteiger charge is 2.15. The van der Waals surface area contributed by atoms with Gasteiger partial charge in [0.05, 0.1) is 0 Å². The molecule has 0 bridgehead atoms. The van der Waals surface area contributed by atoms with Crippen molar-refractivity contribution in [1.29, 1.82) is 0 Å². The summed E-state index contributed by atoms with van der Waals surface area (Å²) in [6.45, 7) is 7.88. The number of hydrogen-bond acceptors (Lipinski definition) is 1. The number of rotatable bonds is 1. The first-order valence-corrected chi connectivity index (χ1v) is 5.54. The number of hydrogen-bond donors (Lipinski definition) is 1. The van der Waals surface area contributed by atoms with Crippen molar-refractivity contribution in [1.82, 2.24) is 5.32 Å². The first-order chi connectivity index (χ1) is 6.68. The molecule has 76 valence electrons. The second-order valence-corrected chi connectivity index (χ2v) is 4.54. The lowest BCUT2D eigenvalue weighted by Gasteiger charge is -2.24. The molecule has 1 aliphatic heterocycles. The molecule has 1 heterocycles. The van der Waals surface area contributed by atoms with E-state index in [1.807, 2.05) is 0 Å². The molecule has 1 aliphatic rings. The molecule has 0 saturated heterocycles. The van der Waals surface area contributed by atoms with Gasteiger partial charge in [0.2, 0.25) is 0 Å². The quantitative estimate of drug-likeness (QED) is 0.716. The highest BCUT2D eigenvalue weighted by atomic mass is 14.9. The van der Waals surface area contributed by atoms with Gasteiger partial charge in [-0.05, 0) is 42.5 Å². The third-order valence-electron chi connectivity index (χ3n) is 3.15. The Morgan fingerprint density at radius 1 is 1.36 bits per heavy atom. The van der Waals surface area contributed by atoms with Crippen LogP contribution < -0.4 is 5.32 Å². The van der Waals surface area contributed by atoms with Gasteiger partial charge in [-0.15, -0.1) is 0 Å². The molecule has 1 N–H and O–H groups in total. The molecule has 1 aromatic carbocycles. The zero-order valence-electron chi connectivity index (χ0n) is 9.30. The lowest BCUT2D eigenvalue weighted by Crippen LogP contribution is -2.27. The van der Waals surface area contributed by atoms with Crippen molar-refractivity contribution >= 4 is 0 Å². The monoisotopic (exact) mass is 189 g/mol. The molecule has 1 aromatic rings. The Morgan fingerprint density at radius 3 is 2.86 bits per heavy atom. The van der Waals surface area contributed by atoms with Gasteiger partial charge in [0, 0.05) is 6.04 Å². The molecule has 14 heavy (non-hydrogen) atoms. The van der Waals surface area contributed by atoms with Gasteiger partial charge in [-0.2, -0.15) is 0 Å². The van der Waals surface area contributed by atoms with E-state index in [9.17, 15) is 0 Å². The molecule has 0 aromatic heterocycles. The van der Waals surface area contributed by atoms with E-state index in [1.54, 1.807) is 5.56 Å². The van der Waals surface area contributed by atoms with E-state index in [4.69, 9.17) is 0 Å². The van der Waals surface area contributed by atoms with Crippen LogP contribution in [0.5, 0.6) is 0 Å². The molecule has 0 spiro atoms. The predicted octanol–water partition coefficient (Wildman–Crippen LogP) is 3.02. The Labute approximate surface area is 86.5 Å². The van der Waals surface area contributed by atoms with Gasteiger partial charge in [0.1, 0.15) is 0 Å². The second kappa shape index (κ2) is 3.74.